The van der Waals surface area contributed by atoms with Crippen LogP contribution in [0.3, 0.4) is 0 Å². The lowest BCUT2D eigenvalue weighted by Gasteiger charge is -2.25. The standard InChI is InChI=1S/C16H23NO8/c1-8(18)25-17-9-6-10(21-14(9)19)12-13(24-16(4,5)23-12)11-7-20-15(2,3)22-11/h10-13H,6-7H2,1-5H3/b17-9-. The molecule has 0 N–H and O–H groups in total. The van der Waals surface area contributed by atoms with E-state index in [1.54, 1.807) is 13.8 Å². The summed E-state index contributed by atoms with van der Waals surface area (Å²) in [4.78, 5) is 27.3. The lowest BCUT2D eigenvalue weighted by Crippen LogP contribution is -2.44. The van der Waals surface area contributed by atoms with Gasteiger partial charge < -0.3 is 28.5 Å². The third kappa shape index (κ3) is 4.00. The molecule has 0 radical (unpaired) electrons. The monoisotopic (exact) mass is 357 g/mol. The minimum absolute atomic E-state index is 0.0381. The number of hydrogen-bond acceptors (Lipinski definition) is 9. The van der Waals surface area contributed by atoms with E-state index < -0.39 is 41.8 Å². The molecule has 0 aromatic heterocycles. The van der Waals surface area contributed by atoms with Gasteiger partial charge in [-0.2, -0.15) is 0 Å². The Morgan fingerprint density at radius 2 is 1.72 bits per heavy atom. The molecule has 9 heteroatoms. The van der Waals surface area contributed by atoms with Crippen LogP contribution in [0.5, 0.6) is 0 Å². The molecule has 0 amide bonds. The Morgan fingerprint density at radius 3 is 2.28 bits per heavy atom. The van der Waals surface area contributed by atoms with Crippen molar-refractivity contribution in [2.24, 2.45) is 5.16 Å². The summed E-state index contributed by atoms with van der Waals surface area (Å²) < 4.78 is 28.8. The number of rotatable bonds is 3. The van der Waals surface area contributed by atoms with E-state index in [-0.39, 0.29) is 18.2 Å². The minimum Gasteiger partial charge on any atom is -0.454 e. The van der Waals surface area contributed by atoms with Crippen LogP contribution in [-0.4, -0.2) is 60.2 Å². The molecule has 3 aliphatic heterocycles. The number of cyclic esters (lactones) is 1. The molecule has 3 heterocycles. The third-order valence-electron chi connectivity index (χ3n) is 4.10. The molecule has 3 saturated heterocycles. The number of hydrogen-bond donors (Lipinski definition) is 0. The first-order chi connectivity index (χ1) is 11.6. The number of carbonyl (C=O) groups excluding carboxylic acids is 2. The molecule has 25 heavy (non-hydrogen) atoms. The van der Waals surface area contributed by atoms with Crippen LogP contribution in [0, 0.1) is 0 Å². The van der Waals surface area contributed by atoms with E-state index in [1.807, 2.05) is 13.8 Å². The maximum absolute atomic E-state index is 11.9. The van der Waals surface area contributed by atoms with Gasteiger partial charge in [0.05, 0.1) is 6.61 Å². The van der Waals surface area contributed by atoms with Crippen LogP contribution in [0.4, 0.5) is 0 Å². The second-order valence-electron chi connectivity index (χ2n) is 7.20. The van der Waals surface area contributed by atoms with Crippen molar-refractivity contribution >= 4 is 17.7 Å². The number of carbonyl (C=O) groups is 2. The van der Waals surface area contributed by atoms with Gasteiger partial charge in [0.2, 0.25) is 0 Å². The van der Waals surface area contributed by atoms with E-state index in [1.165, 1.54) is 6.92 Å². The first-order valence-corrected chi connectivity index (χ1v) is 8.19. The number of oxime groups is 1. The van der Waals surface area contributed by atoms with E-state index in [9.17, 15) is 9.59 Å². The van der Waals surface area contributed by atoms with E-state index in [0.717, 1.165) is 0 Å². The zero-order valence-corrected chi connectivity index (χ0v) is 14.9. The van der Waals surface area contributed by atoms with Gasteiger partial charge in [-0.3, -0.25) is 0 Å². The van der Waals surface area contributed by atoms with Crippen LogP contribution < -0.4 is 0 Å². The number of ether oxygens (including phenoxy) is 5. The Labute approximate surface area is 145 Å². The summed E-state index contributed by atoms with van der Waals surface area (Å²) in [5, 5.41) is 3.55. The lowest BCUT2D eigenvalue weighted by molar-refractivity contribution is -0.175. The van der Waals surface area contributed by atoms with E-state index in [4.69, 9.17) is 23.7 Å². The zero-order valence-electron chi connectivity index (χ0n) is 14.9. The SMILES string of the molecule is CC(=O)O/N=C1/CC(C2OC(C)(C)OC2C2COC(C)(C)O2)OC1=O. The molecule has 0 aromatic rings. The van der Waals surface area contributed by atoms with Gasteiger partial charge in [-0.05, 0) is 27.7 Å². The summed E-state index contributed by atoms with van der Waals surface area (Å²) in [6.45, 7) is 8.76. The van der Waals surface area contributed by atoms with Gasteiger partial charge in [0.25, 0.3) is 0 Å². The highest BCUT2D eigenvalue weighted by atomic mass is 16.8. The largest absolute Gasteiger partial charge is 0.454 e. The predicted molar refractivity (Wildman–Crippen MR) is 82.4 cm³/mol. The van der Waals surface area contributed by atoms with Gasteiger partial charge >= 0.3 is 11.9 Å². The molecule has 3 aliphatic rings. The van der Waals surface area contributed by atoms with Crippen molar-refractivity contribution in [3.63, 3.8) is 0 Å². The Kier molecular flexibility index (Phi) is 4.61. The molecule has 0 saturated carbocycles. The summed E-state index contributed by atoms with van der Waals surface area (Å²) in [6.07, 6.45) is -1.83. The van der Waals surface area contributed by atoms with Crippen molar-refractivity contribution < 1.29 is 38.1 Å². The number of esters is 1. The molecule has 4 atom stereocenters. The van der Waals surface area contributed by atoms with Crippen LogP contribution in [0.2, 0.25) is 0 Å². The van der Waals surface area contributed by atoms with Crippen LogP contribution in [-0.2, 0) is 38.1 Å². The topological polar surface area (TPSA) is 102 Å². The van der Waals surface area contributed by atoms with Crippen molar-refractivity contribution in [3.05, 3.63) is 0 Å². The highest BCUT2D eigenvalue weighted by molar-refractivity contribution is 6.38. The van der Waals surface area contributed by atoms with Crippen LogP contribution in [0.25, 0.3) is 0 Å². The smallest absolute Gasteiger partial charge is 0.356 e. The zero-order chi connectivity index (χ0) is 18.4. The Hall–Kier alpha value is -1.55. The lowest BCUT2D eigenvalue weighted by atomic mass is 10.0. The normalized spacial score (nSPS) is 38.1. The average Bonchev–Trinajstić information content (AvgIpc) is 3.12. The fourth-order valence-electron chi connectivity index (χ4n) is 3.17. The highest BCUT2D eigenvalue weighted by Gasteiger charge is 2.54. The van der Waals surface area contributed by atoms with Gasteiger partial charge in [0.15, 0.2) is 17.3 Å². The summed E-state index contributed by atoms with van der Waals surface area (Å²) >= 11 is 0. The molecule has 4 unspecified atom stereocenters. The second kappa shape index (κ2) is 6.31. The van der Waals surface area contributed by atoms with Crippen molar-refractivity contribution in [1.29, 1.82) is 0 Å². The minimum atomic E-state index is -0.854. The second-order valence-corrected chi connectivity index (χ2v) is 7.20. The average molecular weight is 357 g/mol. The quantitative estimate of drug-likeness (QED) is 0.417. The maximum atomic E-state index is 11.9. The number of nitrogens with zero attached hydrogens (tertiary/aromatic N) is 1. The Balaban J connectivity index is 1.74. The summed E-state index contributed by atoms with van der Waals surface area (Å²) in [7, 11) is 0. The van der Waals surface area contributed by atoms with Crippen LogP contribution in [0.1, 0.15) is 41.0 Å². The molecule has 0 bridgehead atoms. The van der Waals surface area contributed by atoms with E-state index in [2.05, 4.69) is 9.99 Å². The van der Waals surface area contributed by atoms with Crippen molar-refractivity contribution in [3.8, 4) is 0 Å². The first-order valence-electron chi connectivity index (χ1n) is 8.19. The third-order valence-corrected chi connectivity index (χ3v) is 4.10. The molecular weight excluding hydrogens is 334 g/mol. The molecule has 3 fully saturated rings. The van der Waals surface area contributed by atoms with Gasteiger partial charge in [0, 0.05) is 13.3 Å². The first kappa shape index (κ1) is 18.2. The summed E-state index contributed by atoms with van der Waals surface area (Å²) in [5.41, 5.74) is 0.0381. The highest BCUT2D eigenvalue weighted by Crippen LogP contribution is 2.39. The fourth-order valence-corrected chi connectivity index (χ4v) is 3.17. The summed E-state index contributed by atoms with van der Waals surface area (Å²) in [5.74, 6) is -2.81. The Bertz CT molecular complexity index is 599. The molecule has 3 rings (SSSR count). The predicted octanol–water partition coefficient (Wildman–Crippen LogP) is 0.893. The van der Waals surface area contributed by atoms with E-state index in [0.29, 0.717) is 6.61 Å². The molecule has 0 aliphatic carbocycles. The molecule has 0 spiro atoms. The molecule has 9 nitrogen and oxygen atoms in total. The van der Waals surface area contributed by atoms with Crippen molar-refractivity contribution in [1.82, 2.24) is 0 Å². The fraction of sp³-hybridized carbons (Fsp3) is 0.812. The molecule has 0 aromatic carbocycles. The van der Waals surface area contributed by atoms with Crippen LogP contribution >= 0.6 is 0 Å². The van der Waals surface area contributed by atoms with Gasteiger partial charge in [-0.25, -0.2) is 9.59 Å². The van der Waals surface area contributed by atoms with Gasteiger partial charge in [-0.1, -0.05) is 5.16 Å². The van der Waals surface area contributed by atoms with E-state index >= 15 is 0 Å². The maximum Gasteiger partial charge on any atom is 0.356 e. The van der Waals surface area contributed by atoms with Gasteiger partial charge in [-0.15, -0.1) is 0 Å². The summed E-state index contributed by atoms with van der Waals surface area (Å²) in [6, 6.07) is 0. The van der Waals surface area contributed by atoms with Gasteiger partial charge in [0.1, 0.15) is 24.4 Å². The van der Waals surface area contributed by atoms with Crippen molar-refractivity contribution in [2.45, 2.75) is 77.0 Å². The molecular formula is C16H23NO8. The van der Waals surface area contributed by atoms with Crippen LogP contribution in [0.15, 0.2) is 5.16 Å². The Morgan fingerprint density at radius 1 is 1.08 bits per heavy atom. The molecule has 140 valence electrons. The van der Waals surface area contributed by atoms with Crippen molar-refractivity contribution in [2.75, 3.05) is 6.61 Å².